The smallest absolute Gasteiger partial charge is 0.257 e. The number of amides is 1. The van der Waals surface area contributed by atoms with Gasteiger partial charge in [0.1, 0.15) is 0 Å². The van der Waals surface area contributed by atoms with Gasteiger partial charge >= 0.3 is 0 Å². The molecule has 0 bridgehead atoms. The van der Waals surface area contributed by atoms with Gasteiger partial charge in [-0.3, -0.25) is 9.52 Å². The molecule has 0 aliphatic carbocycles. The van der Waals surface area contributed by atoms with Gasteiger partial charge < -0.3 is 10.1 Å². The summed E-state index contributed by atoms with van der Waals surface area (Å²) in [5, 5.41) is 2.64. The van der Waals surface area contributed by atoms with Gasteiger partial charge in [-0.15, -0.1) is 0 Å². The molecule has 1 aliphatic heterocycles. The zero-order valence-corrected chi connectivity index (χ0v) is 17.3. The van der Waals surface area contributed by atoms with Crippen LogP contribution >= 0.6 is 0 Å². The van der Waals surface area contributed by atoms with Crippen LogP contribution in [0.5, 0.6) is 0 Å². The van der Waals surface area contributed by atoms with E-state index in [9.17, 15) is 21.6 Å². The summed E-state index contributed by atoms with van der Waals surface area (Å²) in [4.78, 5) is 12.7. The van der Waals surface area contributed by atoms with Gasteiger partial charge in [0.15, 0.2) is 0 Å². The molecule has 156 valence electrons. The molecule has 0 atom stereocenters. The highest BCUT2D eigenvalue weighted by atomic mass is 32.2. The predicted octanol–water partition coefficient (Wildman–Crippen LogP) is 1.33. The van der Waals surface area contributed by atoms with E-state index in [1.807, 2.05) is 0 Å². The third-order valence-corrected chi connectivity index (χ3v) is 6.69. The lowest BCUT2D eigenvalue weighted by Gasteiger charge is -2.26. The number of morpholine rings is 1. The quantitative estimate of drug-likeness (QED) is 0.700. The maximum atomic E-state index is 12.6. The van der Waals surface area contributed by atoms with Gasteiger partial charge in [0.05, 0.1) is 35.6 Å². The molecule has 0 radical (unpaired) electrons. The van der Waals surface area contributed by atoms with Gasteiger partial charge in [-0.1, -0.05) is 12.1 Å². The van der Waals surface area contributed by atoms with Crippen LogP contribution in [-0.4, -0.2) is 59.6 Å². The molecule has 2 aromatic carbocycles. The van der Waals surface area contributed by atoms with E-state index in [-0.39, 0.29) is 16.1 Å². The summed E-state index contributed by atoms with van der Waals surface area (Å²) in [5.74, 6) is -0.527. The summed E-state index contributed by atoms with van der Waals surface area (Å²) in [6, 6.07) is 12.0. The Kier molecular flexibility index (Phi) is 6.22. The second-order valence-electron chi connectivity index (χ2n) is 6.41. The fraction of sp³-hybridized carbons (Fsp3) is 0.278. The molecule has 1 saturated heterocycles. The summed E-state index contributed by atoms with van der Waals surface area (Å²) in [6.07, 6.45) is 0.995. The molecule has 0 saturated carbocycles. The number of para-hydroxylation sites is 1. The van der Waals surface area contributed by atoms with Crippen molar-refractivity contribution in [3.05, 3.63) is 54.1 Å². The number of hydrogen-bond donors (Lipinski definition) is 2. The number of rotatable bonds is 6. The summed E-state index contributed by atoms with van der Waals surface area (Å²) in [7, 11) is -7.17. The first kappa shape index (κ1) is 21.2. The molecular formula is C18H21N3O6S2. The number of carbonyl (C=O) groups excluding carboxylic acids is 1. The first-order valence-corrected chi connectivity index (χ1v) is 12.1. The molecule has 29 heavy (non-hydrogen) atoms. The van der Waals surface area contributed by atoms with E-state index >= 15 is 0 Å². The molecule has 0 unspecified atom stereocenters. The maximum Gasteiger partial charge on any atom is 0.257 e. The Morgan fingerprint density at radius 1 is 0.966 bits per heavy atom. The largest absolute Gasteiger partial charge is 0.379 e. The molecule has 3 rings (SSSR count). The molecule has 9 nitrogen and oxygen atoms in total. The molecule has 2 aromatic rings. The summed E-state index contributed by atoms with van der Waals surface area (Å²) < 4.78 is 57.1. The van der Waals surface area contributed by atoms with Gasteiger partial charge in [0.25, 0.3) is 5.91 Å². The zero-order chi connectivity index (χ0) is 21.1. The minimum atomic E-state index is -3.62. The molecule has 11 heteroatoms. The van der Waals surface area contributed by atoms with E-state index in [0.717, 1.165) is 6.26 Å². The summed E-state index contributed by atoms with van der Waals surface area (Å²) in [5.41, 5.74) is 0.673. The highest BCUT2D eigenvalue weighted by Gasteiger charge is 2.26. The molecule has 1 amide bonds. The normalized spacial score (nSPS) is 15.6. The molecule has 0 spiro atoms. The number of hydrogen-bond acceptors (Lipinski definition) is 6. The average Bonchev–Trinajstić information content (AvgIpc) is 2.68. The lowest BCUT2D eigenvalue weighted by molar-refractivity contribution is 0.0730. The van der Waals surface area contributed by atoms with Crippen molar-refractivity contribution >= 4 is 37.3 Å². The number of anilines is 2. The lowest BCUT2D eigenvalue weighted by Crippen LogP contribution is -2.40. The van der Waals surface area contributed by atoms with Crippen LogP contribution in [0.3, 0.4) is 0 Å². The molecule has 1 heterocycles. The average molecular weight is 440 g/mol. The standard InChI is InChI=1S/C18H21N3O6S2/c1-28(23,24)20-17-5-3-2-4-16(17)18(22)19-14-6-8-15(9-7-14)29(25,26)21-10-12-27-13-11-21/h2-9,20H,10-13H2,1H3,(H,19,22). The van der Waals surface area contributed by atoms with Gasteiger partial charge in [-0.05, 0) is 36.4 Å². The molecule has 1 aliphatic rings. The van der Waals surface area contributed by atoms with Crippen molar-refractivity contribution in [1.82, 2.24) is 4.31 Å². The van der Waals surface area contributed by atoms with E-state index in [2.05, 4.69) is 10.0 Å². The fourth-order valence-electron chi connectivity index (χ4n) is 2.81. The topological polar surface area (TPSA) is 122 Å². The van der Waals surface area contributed by atoms with Crippen molar-refractivity contribution in [2.75, 3.05) is 42.6 Å². The van der Waals surface area contributed by atoms with E-state index in [0.29, 0.717) is 32.0 Å². The highest BCUT2D eigenvalue weighted by Crippen LogP contribution is 2.21. The predicted molar refractivity (Wildman–Crippen MR) is 109 cm³/mol. The number of carbonyl (C=O) groups is 1. The lowest BCUT2D eigenvalue weighted by atomic mass is 10.1. The van der Waals surface area contributed by atoms with E-state index < -0.39 is 26.0 Å². The van der Waals surface area contributed by atoms with Gasteiger partial charge in [-0.2, -0.15) is 4.31 Å². The van der Waals surface area contributed by atoms with Gasteiger partial charge in [0, 0.05) is 18.8 Å². The Labute approximate surface area is 169 Å². The van der Waals surface area contributed by atoms with Crippen LogP contribution < -0.4 is 10.0 Å². The highest BCUT2D eigenvalue weighted by molar-refractivity contribution is 7.92. The first-order chi connectivity index (χ1) is 13.7. The minimum Gasteiger partial charge on any atom is -0.379 e. The van der Waals surface area contributed by atoms with E-state index in [1.54, 1.807) is 12.1 Å². The third-order valence-electron chi connectivity index (χ3n) is 4.19. The van der Waals surface area contributed by atoms with Crippen LogP contribution in [-0.2, 0) is 24.8 Å². The van der Waals surface area contributed by atoms with Crippen LogP contribution in [0.4, 0.5) is 11.4 Å². The summed E-state index contributed by atoms with van der Waals surface area (Å²) in [6.45, 7) is 1.30. The van der Waals surface area contributed by atoms with Crippen LogP contribution in [0, 0.1) is 0 Å². The van der Waals surface area contributed by atoms with Crippen molar-refractivity contribution in [2.45, 2.75) is 4.90 Å². The Balaban J connectivity index is 1.76. The number of benzene rings is 2. The molecule has 1 fully saturated rings. The zero-order valence-electron chi connectivity index (χ0n) is 15.7. The van der Waals surface area contributed by atoms with Gasteiger partial charge in [0.2, 0.25) is 20.0 Å². The number of nitrogens with one attached hydrogen (secondary N) is 2. The van der Waals surface area contributed by atoms with Crippen LogP contribution in [0.25, 0.3) is 0 Å². The van der Waals surface area contributed by atoms with Crippen LogP contribution in [0.1, 0.15) is 10.4 Å². The second kappa shape index (κ2) is 8.49. The number of ether oxygens (including phenoxy) is 1. The molecular weight excluding hydrogens is 418 g/mol. The molecule has 0 aromatic heterocycles. The monoisotopic (exact) mass is 439 g/mol. The second-order valence-corrected chi connectivity index (χ2v) is 10.1. The number of nitrogens with zero attached hydrogens (tertiary/aromatic N) is 1. The Morgan fingerprint density at radius 3 is 2.21 bits per heavy atom. The van der Waals surface area contributed by atoms with Crippen LogP contribution in [0.15, 0.2) is 53.4 Å². The third kappa shape index (κ3) is 5.32. The fourth-order valence-corrected chi connectivity index (χ4v) is 4.80. The van der Waals surface area contributed by atoms with Gasteiger partial charge in [-0.25, -0.2) is 16.8 Å². The maximum absolute atomic E-state index is 12.6. The first-order valence-electron chi connectivity index (χ1n) is 8.73. The minimum absolute atomic E-state index is 0.122. The van der Waals surface area contributed by atoms with Crippen molar-refractivity contribution in [1.29, 1.82) is 0 Å². The van der Waals surface area contributed by atoms with Crippen molar-refractivity contribution < 1.29 is 26.4 Å². The summed E-state index contributed by atoms with van der Waals surface area (Å²) >= 11 is 0. The van der Waals surface area contributed by atoms with Crippen LogP contribution in [0.2, 0.25) is 0 Å². The number of sulfonamides is 2. The van der Waals surface area contributed by atoms with E-state index in [4.69, 9.17) is 4.74 Å². The SMILES string of the molecule is CS(=O)(=O)Nc1ccccc1C(=O)Nc1ccc(S(=O)(=O)N2CCOCC2)cc1. The van der Waals surface area contributed by atoms with Crippen molar-refractivity contribution in [2.24, 2.45) is 0 Å². The Bertz CT molecular complexity index is 1090. The van der Waals surface area contributed by atoms with Crippen molar-refractivity contribution in [3.63, 3.8) is 0 Å². The molecule has 2 N–H and O–H groups in total. The van der Waals surface area contributed by atoms with E-state index in [1.165, 1.54) is 40.7 Å². The Morgan fingerprint density at radius 2 is 1.59 bits per heavy atom. The van der Waals surface area contributed by atoms with Crippen molar-refractivity contribution in [3.8, 4) is 0 Å². The Hall–Kier alpha value is -2.47.